The first-order valence-electron chi connectivity index (χ1n) is 8.52. The summed E-state index contributed by atoms with van der Waals surface area (Å²) in [5, 5.41) is 4.17. The molecule has 26 heavy (non-hydrogen) atoms. The molecule has 0 amide bonds. The fraction of sp³-hybridized carbons (Fsp3) is 0.200. The third kappa shape index (κ3) is 3.22. The highest BCUT2D eigenvalue weighted by atomic mass is 35.5. The SMILES string of the molecule is CCc1ccc(N2C(=S)N[C@H](c3ccccn3)[C@@H]2c2ccc(Cl)s2)cc1. The number of rotatable bonds is 4. The van der Waals surface area contributed by atoms with Gasteiger partial charge in [-0.05, 0) is 60.6 Å². The summed E-state index contributed by atoms with van der Waals surface area (Å²) < 4.78 is 0.777. The van der Waals surface area contributed by atoms with E-state index >= 15 is 0 Å². The molecule has 0 aliphatic carbocycles. The van der Waals surface area contributed by atoms with E-state index in [2.05, 4.69) is 52.5 Å². The van der Waals surface area contributed by atoms with Crippen LogP contribution in [0.2, 0.25) is 4.34 Å². The van der Waals surface area contributed by atoms with Gasteiger partial charge in [-0.3, -0.25) is 4.98 Å². The molecule has 3 heterocycles. The van der Waals surface area contributed by atoms with Gasteiger partial charge in [0, 0.05) is 16.8 Å². The van der Waals surface area contributed by atoms with Crippen molar-refractivity contribution in [1.29, 1.82) is 0 Å². The molecule has 0 unspecified atom stereocenters. The summed E-state index contributed by atoms with van der Waals surface area (Å²) in [6.07, 6.45) is 2.83. The number of nitrogens with zero attached hydrogens (tertiary/aromatic N) is 2. The molecule has 2 atom stereocenters. The summed E-state index contributed by atoms with van der Waals surface area (Å²) in [7, 11) is 0. The molecule has 0 bridgehead atoms. The van der Waals surface area contributed by atoms with E-state index in [1.807, 2.05) is 30.5 Å². The molecule has 4 rings (SSSR count). The molecule has 6 heteroatoms. The summed E-state index contributed by atoms with van der Waals surface area (Å²) in [6, 6.07) is 18.6. The summed E-state index contributed by atoms with van der Waals surface area (Å²) in [4.78, 5) is 7.90. The second-order valence-corrected chi connectivity index (χ2v) is 8.29. The van der Waals surface area contributed by atoms with Gasteiger partial charge in [0.2, 0.25) is 0 Å². The largest absolute Gasteiger partial charge is 0.351 e. The van der Waals surface area contributed by atoms with Crippen LogP contribution >= 0.6 is 35.2 Å². The van der Waals surface area contributed by atoms with Crippen LogP contribution < -0.4 is 10.2 Å². The fourth-order valence-electron chi connectivity index (χ4n) is 3.30. The second kappa shape index (κ2) is 7.35. The van der Waals surface area contributed by atoms with Crippen molar-refractivity contribution >= 4 is 46.0 Å². The molecule has 1 aliphatic rings. The first kappa shape index (κ1) is 17.5. The summed E-state index contributed by atoms with van der Waals surface area (Å²) in [5.41, 5.74) is 3.36. The third-order valence-corrected chi connectivity index (χ3v) is 6.22. The van der Waals surface area contributed by atoms with Gasteiger partial charge in [-0.25, -0.2) is 0 Å². The van der Waals surface area contributed by atoms with Crippen LogP contribution in [0.15, 0.2) is 60.8 Å². The Kier molecular flexibility index (Phi) is 4.94. The van der Waals surface area contributed by atoms with Gasteiger partial charge in [0.05, 0.1) is 22.1 Å². The summed E-state index contributed by atoms with van der Waals surface area (Å²) in [5.74, 6) is 0. The number of nitrogens with one attached hydrogen (secondary N) is 1. The van der Waals surface area contributed by atoms with Crippen molar-refractivity contribution in [2.45, 2.75) is 25.4 Å². The number of thiocarbonyl (C=S) groups is 1. The first-order valence-corrected chi connectivity index (χ1v) is 10.1. The number of anilines is 1. The number of hydrogen-bond donors (Lipinski definition) is 1. The van der Waals surface area contributed by atoms with Gasteiger partial charge in [0.25, 0.3) is 0 Å². The summed E-state index contributed by atoms with van der Waals surface area (Å²) in [6.45, 7) is 2.16. The predicted octanol–water partition coefficient (Wildman–Crippen LogP) is 5.54. The molecule has 1 saturated heterocycles. The van der Waals surface area contributed by atoms with E-state index in [-0.39, 0.29) is 12.1 Å². The Hall–Kier alpha value is -1.95. The molecule has 1 N–H and O–H groups in total. The Morgan fingerprint density at radius 3 is 2.58 bits per heavy atom. The van der Waals surface area contributed by atoms with Gasteiger partial charge in [-0.1, -0.05) is 36.7 Å². The fourth-order valence-corrected chi connectivity index (χ4v) is 4.84. The van der Waals surface area contributed by atoms with E-state index in [9.17, 15) is 0 Å². The molecule has 0 spiro atoms. The van der Waals surface area contributed by atoms with Crippen molar-refractivity contribution in [2.24, 2.45) is 0 Å². The van der Waals surface area contributed by atoms with Crippen molar-refractivity contribution in [2.75, 3.05) is 4.90 Å². The lowest BCUT2D eigenvalue weighted by atomic mass is 10.0. The standard InChI is InChI=1S/C20H18ClN3S2/c1-2-13-6-8-14(9-7-13)24-19(16-10-11-17(21)26-16)18(23-20(24)25)15-5-3-4-12-22-15/h3-12,18-19H,2H2,1H3,(H,23,25)/t18-,19+/m1/s1. The van der Waals surface area contributed by atoms with E-state index in [4.69, 9.17) is 23.8 Å². The minimum absolute atomic E-state index is 0.0161. The Labute approximate surface area is 167 Å². The van der Waals surface area contributed by atoms with Crippen molar-refractivity contribution in [3.8, 4) is 0 Å². The van der Waals surface area contributed by atoms with Gasteiger partial charge in [0.15, 0.2) is 5.11 Å². The van der Waals surface area contributed by atoms with Crippen molar-refractivity contribution < 1.29 is 0 Å². The highest BCUT2D eigenvalue weighted by molar-refractivity contribution is 7.80. The molecule has 0 radical (unpaired) electrons. The highest BCUT2D eigenvalue weighted by Crippen LogP contribution is 2.44. The van der Waals surface area contributed by atoms with Crippen LogP contribution in [-0.4, -0.2) is 10.1 Å². The smallest absolute Gasteiger partial charge is 0.174 e. The van der Waals surface area contributed by atoms with Crippen molar-refractivity contribution in [3.63, 3.8) is 0 Å². The summed E-state index contributed by atoms with van der Waals surface area (Å²) >= 11 is 13.5. The second-order valence-electron chi connectivity index (χ2n) is 6.16. The molecular weight excluding hydrogens is 382 g/mol. The maximum absolute atomic E-state index is 6.23. The molecule has 132 valence electrons. The van der Waals surface area contributed by atoms with Crippen LogP contribution in [0.25, 0.3) is 0 Å². The molecule has 2 aromatic heterocycles. The molecule has 3 nitrogen and oxygen atoms in total. The quantitative estimate of drug-likeness (QED) is 0.583. The number of thiophene rings is 1. The van der Waals surface area contributed by atoms with Crippen LogP contribution in [0, 0.1) is 0 Å². The Morgan fingerprint density at radius 1 is 1.15 bits per heavy atom. The van der Waals surface area contributed by atoms with Crippen LogP contribution in [-0.2, 0) is 6.42 Å². The zero-order chi connectivity index (χ0) is 18.1. The topological polar surface area (TPSA) is 28.2 Å². The van der Waals surface area contributed by atoms with Gasteiger partial charge in [-0.15, -0.1) is 11.3 Å². The maximum atomic E-state index is 6.23. The Morgan fingerprint density at radius 2 is 1.96 bits per heavy atom. The van der Waals surface area contributed by atoms with Crippen molar-refractivity contribution in [1.82, 2.24) is 10.3 Å². The molecule has 0 saturated carbocycles. The number of halogens is 1. The normalized spacial score (nSPS) is 19.6. The minimum atomic E-state index is -0.0238. The van der Waals surface area contributed by atoms with Crippen LogP contribution in [0.3, 0.4) is 0 Å². The number of hydrogen-bond acceptors (Lipinski definition) is 3. The predicted molar refractivity (Wildman–Crippen MR) is 113 cm³/mol. The molecule has 1 aliphatic heterocycles. The minimum Gasteiger partial charge on any atom is -0.351 e. The van der Waals surface area contributed by atoms with E-state index in [1.165, 1.54) is 5.56 Å². The molecule has 1 aromatic carbocycles. The molecule has 3 aromatic rings. The van der Waals surface area contributed by atoms with Crippen LogP contribution in [0.1, 0.15) is 35.1 Å². The number of aryl methyl sites for hydroxylation is 1. The molecular formula is C20H18ClN3S2. The van der Waals surface area contributed by atoms with E-state index in [0.29, 0.717) is 5.11 Å². The van der Waals surface area contributed by atoms with E-state index in [0.717, 1.165) is 27.0 Å². The highest BCUT2D eigenvalue weighted by Gasteiger charge is 2.41. The lowest BCUT2D eigenvalue weighted by Crippen LogP contribution is -2.29. The third-order valence-electron chi connectivity index (χ3n) is 4.61. The number of pyridine rings is 1. The first-order chi connectivity index (χ1) is 12.7. The zero-order valence-electron chi connectivity index (χ0n) is 14.2. The van der Waals surface area contributed by atoms with Gasteiger partial charge in [-0.2, -0.15) is 0 Å². The van der Waals surface area contributed by atoms with Crippen LogP contribution in [0.4, 0.5) is 5.69 Å². The average molecular weight is 400 g/mol. The monoisotopic (exact) mass is 399 g/mol. The van der Waals surface area contributed by atoms with Gasteiger partial charge < -0.3 is 10.2 Å². The lowest BCUT2D eigenvalue weighted by molar-refractivity contribution is 0.575. The van der Waals surface area contributed by atoms with Gasteiger partial charge >= 0.3 is 0 Å². The van der Waals surface area contributed by atoms with Crippen LogP contribution in [0.5, 0.6) is 0 Å². The van der Waals surface area contributed by atoms with Crippen molar-refractivity contribution in [3.05, 3.63) is 81.3 Å². The Bertz CT molecular complexity index is 908. The zero-order valence-corrected chi connectivity index (χ0v) is 16.6. The number of benzene rings is 1. The van der Waals surface area contributed by atoms with E-state index in [1.54, 1.807) is 11.3 Å². The van der Waals surface area contributed by atoms with E-state index < -0.39 is 0 Å². The number of aromatic nitrogens is 1. The average Bonchev–Trinajstić information content (AvgIpc) is 3.25. The lowest BCUT2D eigenvalue weighted by Gasteiger charge is -2.27. The van der Waals surface area contributed by atoms with Gasteiger partial charge in [0.1, 0.15) is 0 Å². The maximum Gasteiger partial charge on any atom is 0.174 e. The molecule has 1 fully saturated rings. The Balaban J connectivity index is 1.79.